The molecule has 0 saturated carbocycles. The SMILES string of the molecule is COc1ccc(Cl)cc1-c1c(N)noc1-c1sccc1Br. The summed E-state index contributed by atoms with van der Waals surface area (Å²) in [5.74, 6) is 1.55. The number of hydrogen-bond donors (Lipinski definition) is 1. The van der Waals surface area contributed by atoms with Crippen LogP contribution in [-0.4, -0.2) is 12.3 Å². The number of hydrogen-bond acceptors (Lipinski definition) is 5. The quantitative estimate of drug-likeness (QED) is 0.683. The molecule has 3 rings (SSSR count). The molecule has 4 nitrogen and oxygen atoms in total. The van der Waals surface area contributed by atoms with Gasteiger partial charge in [-0.05, 0) is 45.6 Å². The molecule has 0 radical (unpaired) electrons. The molecule has 0 amide bonds. The summed E-state index contributed by atoms with van der Waals surface area (Å²) in [4.78, 5) is 0.913. The Morgan fingerprint density at radius 2 is 2.19 bits per heavy atom. The van der Waals surface area contributed by atoms with Gasteiger partial charge in [-0.15, -0.1) is 11.3 Å². The van der Waals surface area contributed by atoms with Gasteiger partial charge in [0.1, 0.15) is 5.75 Å². The van der Waals surface area contributed by atoms with Crippen molar-refractivity contribution in [2.45, 2.75) is 0 Å². The molecule has 0 fully saturated rings. The van der Waals surface area contributed by atoms with Gasteiger partial charge in [0.05, 0.1) is 17.6 Å². The number of thiophene rings is 1. The topological polar surface area (TPSA) is 61.3 Å². The summed E-state index contributed by atoms with van der Waals surface area (Å²) in [6.07, 6.45) is 0. The summed E-state index contributed by atoms with van der Waals surface area (Å²) >= 11 is 11.1. The largest absolute Gasteiger partial charge is 0.496 e. The molecule has 21 heavy (non-hydrogen) atoms. The van der Waals surface area contributed by atoms with Gasteiger partial charge in [-0.2, -0.15) is 0 Å². The van der Waals surface area contributed by atoms with E-state index in [9.17, 15) is 0 Å². The number of ether oxygens (including phenoxy) is 1. The summed E-state index contributed by atoms with van der Waals surface area (Å²) in [6.45, 7) is 0. The minimum atomic E-state index is 0.297. The third-order valence-corrected chi connectivity index (χ3v) is 5.04. The second-order valence-electron chi connectivity index (χ2n) is 4.21. The Morgan fingerprint density at radius 3 is 2.86 bits per heavy atom. The summed E-state index contributed by atoms with van der Waals surface area (Å²) in [5.41, 5.74) is 7.42. The van der Waals surface area contributed by atoms with Crippen LogP contribution in [0.25, 0.3) is 21.8 Å². The molecule has 0 bridgehead atoms. The maximum absolute atomic E-state index is 6.10. The molecule has 108 valence electrons. The summed E-state index contributed by atoms with van der Waals surface area (Å²) in [6, 6.07) is 7.28. The van der Waals surface area contributed by atoms with E-state index in [1.165, 1.54) is 11.3 Å². The predicted molar refractivity (Wildman–Crippen MR) is 88.9 cm³/mol. The summed E-state index contributed by atoms with van der Waals surface area (Å²) < 4.78 is 11.7. The molecule has 0 unspecified atom stereocenters. The van der Waals surface area contributed by atoms with E-state index in [4.69, 9.17) is 26.6 Å². The van der Waals surface area contributed by atoms with Crippen LogP contribution in [0.3, 0.4) is 0 Å². The highest BCUT2D eigenvalue weighted by molar-refractivity contribution is 9.10. The fourth-order valence-corrected chi connectivity index (χ4v) is 3.76. The van der Waals surface area contributed by atoms with Crippen LogP contribution in [0, 0.1) is 0 Å². The molecular formula is C14H10BrClN2O2S. The Morgan fingerprint density at radius 1 is 1.38 bits per heavy atom. The van der Waals surface area contributed by atoms with Gasteiger partial charge in [0, 0.05) is 15.1 Å². The maximum Gasteiger partial charge on any atom is 0.188 e. The zero-order valence-corrected chi connectivity index (χ0v) is 14.1. The van der Waals surface area contributed by atoms with Crippen LogP contribution in [0.5, 0.6) is 5.75 Å². The van der Waals surface area contributed by atoms with E-state index in [0.29, 0.717) is 27.9 Å². The Labute approximate surface area is 138 Å². The lowest BCUT2D eigenvalue weighted by Gasteiger charge is -2.09. The minimum absolute atomic E-state index is 0.297. The van der Waals surface area contributed by atoms with Gasteiger partial charge in [0.25, 0.3) is 0 Å². The first kappa shape index (κ1) is 14.4. The number of nitrogens with two attached hydrogens (primary N) is 1. The zero-order valence-electron chi connectivity index (χ0n) is 10.9. The van der Waals surface area contributed by atoms with Crippen molar-refractivity contribution in [2.24, 2.45) is 0 Å². The van der Waals surface area contributed by atoms with Gasteiger partial charge in [-0.3, -0.25) is 0 Å². The van der Waals surface area contributed by atoms with Gasteiger partial charge < -0.3 is 15.0 Å². The minimum Gasteiger partial charge on any atom is -0.496 e. The Hall–Kier alpha value is -1.50. The van der Waals surface area contributed by atoms with Crippen LogP contribution >= 0.6 is 38.9 Å². The van der Waals surface area contributed by atoms with Crippen LogP contribution in [0.4, 0.5) is 5.82 Å². The molecule has 0 aliphatic heterocycles. The van der Waals surface area contributed by atoms with Crippen molar-refractivity contribution in [3.8, 4) is 27.5 Å². The molecule has 2 N–H and O–H groups in total. The van der Waals surface area contributed by atoms with Gasteiger partial charge in [0.15, 0.2) is 11.6 Å². The molecular weight excluding hydrogens is 376 g/mol. The molecule has 3 aromatic rings. The Bertz CT molecular complexity index is 800. The second kappa shape index (κ2) is 5.71. The normalized spacial score (nSPS) is 10.8. The molecule has 0 aliphatic rings. The fourth-order valence-electron chi connectivity index (χ4n) is 2.05. The van der Waals surface area contributed by atoms with Crippen LogP contribution in [0.2, 0.25) is 5.02 Å². The molecule has 7 heteroatoms. The molecule has 2 aromatic heterocycles. The molecule has 1 aromatic carbocycles. The molecule has 0 aliphatic carbocycles. The smallest absolute Gasteiger partial charge is 0.188 e. The standard InChI is InChI=1S/C14H10BrClN2O2S/c1-19-10-3-2-7(16)6-8(10)11-12(20-18-14(11)17)13-9(15)4-5-21-13/h2-6H,1H3,(H2,17,18). The lowest BCUT2D eigenvalue weighted by molar-refractivity contribution is 0.416. The van der Waals surface area contributed by atoms with E-state index in [1.807, 2.05) is 11.4 Å². The number of halogens is 2. The van der Waals surface area contributed by atoms with E-state index < -0.39 is 0 Å². The number of methoxy groups -OCH3 is 1. The lowest BCUT2D eigenvalue weighted by atomic mass is 10.0. The number of benzene rings is 1. The van der Waals surface area contributed by atoms with Crippen molar-refractivity contribution < 1.29 is 9.26 Å². The number of anilines is 1. The van der Waals surface area contributed by atoms with Crippen LogP contribution < -0.4 is 10.5 Å². The summed E-state index contributed by atoms with van der Waals surface area (Å²) in [5, 5.41) is 6.43. The summed E-state index contributed by atoms with van der Waals surface area (Å²) in [7, 11) is 1.59. The van der Waals surface area contributed by atoms with Crippen molar-refractivity contribution >= 4 is 44.7 Å². The molecule has 0 saturated heterocycles. The molecule has 0 atom stereocenters. The van der Waals surface area contributed by atoms with Gasteiger partial charge >= 0.3 is 0 Å². The predicted octanol–water partition coefficient (Wildman–Crippen LogP) is 5.08. The first-order valence-corrected chi connectivity index (χ1v) is 7.99. The van der Waals surface area contributed by atoms with Crippen LogP contribution in [-0.2, 0) is 0 Å². The van der Waals surface area contributed by atoms with Gasteiger partial charge in [-0.1, -0.05) is 16.8 Å². The third-order valence-electron chi connectivity index (χ3n) is 2.97. The van der Waals surface area contributed by atoms with E-state index in [0.717, 1.165) is 14.9 Å². The first-order valence-electron chi connectivity index (χ1n) is 5.94. The average Bonchev–Trinajstić information content (AvgIpc) is 3.04. The monoisotopic (exact) mass is 384 g/mol. The Kier molecular flexibility index (Phi) is 3.93. The molecule has 2 heterocycles. The first-order chi connectivity index (χ1) is 10.1. The highest BCUT2D eigenvalue weighted by atomic mass is 79.9. The van der Waals surface area contributed by atoms with Crippen molar-refractivity contribution in [3.63, 3.8) is 0 Å². The second-order valence-corrected chi connectivity index (χ2v) is 6.42. The van der Waals surface area contributed by atoms with Crippen molar-refractivity contribution in [3.05, 3.63) is 39.1 Å². The van der Waals surface area contributed by atoms with Crippen LogP contribution in [0.15, 0.2) is 38.6 Å². The van der Waals surface area contributed by atoms with E-state index >= 15 is 0 Å². The fraction of sp³-hybridized carbons (Fsp3) is 0.0714. The highest BCUT2D eigenvalue weighted by Crippen LogP contribution is 2.45. The van der Waals surface area contributed by atoms with E-state index in [2.05, 4.69) is 21.1 Å². The van der Waals surface area contributed by atoms with E-state index in [-0.39, 0.29) is 0 Å². The number of aromatic nitrogens is 1. The number of nitrogens with zero attached hydrogens (tertiary/aromatic N) is 1. The van der Waals surface area contributed by atoms with Gasteiger partial charge in [0.2, 0.25) is 0 Å². The van der Waals surface area contributed by atoms with Gasteiger partial charge in [-0.25, -0.2) is 0 Å². The van der Waals surface area contributed by atoms with Crippen molar-refractivity contribution in [2.75, 3.05) is 12.8 Å². The average molecular weight is 386 g/mol. The lowest BCUT2D eigenvalue weighted by Crippen LogP contribution is -1.92. The van der Waals surface area contributed by atoms with Crippen molar-refractivity contribution in [1.29, 1.82) is 0 Å². The molecule has 0 spiro atoms. The van der Waals surface area contributed by atoms with Crippen molar-refractivity contribution in [1.82, 2.24) is 5.16 Å². The number of rotatable bonds is 3. The maximum atomic E-state index is 6.10. The number of nitrogen functional groups attached to an aromatic ring is 1. The van der Waals surface area contributed by atoms with Crippen LogP contribution in [0.1, 0.15) is 0 Å². The third kappa shape index (κ3) is 2.54. The van der Waals surface area contributed by atoms with E-state index in [1.54, 1.807) is 25.3 Å². The highest BCUT2D eigenvalue weighted by Gasteiger charge is 2.23. The zero-order chi connectivity index (χ0) is 15.0. The Balaban J connectivity index is 2.27.